The fraction of sp³-hybridized carbons (Fsp3) is 0.391. The van der Waals surface area contributed by atoms with Gasteiger partial charge in [0, 0.05) is 43.4 Å². The van der Waals surface area contributed by atoms with E-state index in [-0.39, 0.29) is 17.6 Å². The Bertz CT molecular complexity index is 1050. The second-order valence-electron chi connectivity index (χ2n) is 8.31. The normalized spacial score (nSPS) is 16.9. The van der Waals surface area contributed by atoms with Gasteiger partial charge < -0.3 is 14.3 Å². The first kappa shape index (κ1) is 19.5. The molecule has 31 heavy (non-hydrogen) atoms. The number of benzene rings is 1. The molecule has 0 spiro atoms. The summed E-state index contributed by atoms with van der Waals surface area (Å²) in [5.74, 6) is 0.531. The molecule has 8 nitrogen and oxygen atoms in total. The van der Waals surface area contributed by atoms with Crippen LogP contribution in [0.4, 0.5) is 0 Å². The van der Waals surface area contributed by atoms with Crippen molar-refractivity contribution in [2.24, 2.45) is 5.92 Å². The summed E-state index contributed by atoms with van der Waals surface area (Å²) in [7, 11) is 0. The molecule has 2 aromatic heterocycles. The molecule has 1 aromatic carbocycles. The molecule has 4 heterocycles. The zero-order chi connectivity index (χ0) is 21.2. The van der Waals surface area contributed by atoms with Crippen molar-refractivity contribution in [2.75, 3.05) is 19.6 Å². The fourth-order valence-corrected chi connectivity index (χ4v) is 4.56. The van der Waals surface area contributed by atoms with Crippen LogP contribution >= 0.6 is 0 Å². The van der Waals surface area contributed by atoms with Gasteiger partial charge in [-0.3, -0.25) is 14.7 Å². The number of piperidine rings is 1. The number of hydrogen-bond acceptors (Lipinski definition) is 5. The first-order valence-electron chi connectivity index (χ1n) is 10.8. The lowest BCUT2D eigenvalue weighted by atomic mass is 9.90. The Labute approximate surface area is 180 Å². The highest BCUT2D eigenvalue weighted by molar-refractivity contribution is 5.95. The maximum absolute atomic E-state index is 13.2. The number of aromatic amines is 1. The topological polar surface area (TPSA) is 95.3 Å². The van der Waals surface area contributed by atoms with Gasteiger partial charge in [-0.2, -0.15) is 5.10 Å². The summed E-state index contributed by atoms with van der Waals surface area (Å²) in [5.41, 5.74) is 3.54. The van der Waals surface area contributed by atoms with Gasteiger partial charge >= 0.3 is 0 Å². The maximum Gasteiger partial charge on any atom is 0.292 e. The highest BCUT2D eigenvalue weighted by Crippen LogP contribution is 2.26. The van der Waals surface area contributed by atoms with E-state index in [0.717, 1.165) is 43.6 Å². The number of rotatable bonds is 4. The maximum atomic E-state index is 13.2. The van der Waals surface area contributed by atoms with Gasteiger partial charge in [0.05, 0.1) is 12.7 Å². The van der Waals surface area contributed by atoms with Crippen molar-refractivity contribution in [3.05, 3.63) is 70.9 Å². The lowest BCUT2D eigenvalue weighted by Gasteiger charge is -2.32. The zero-order valence-corrected chi connectivity index (χ0v) is 17.3. The van der Waals surface area contributed by atoms with Gasteiger partial charge in [-0.25, -0.2) is 0 Å². The summed E-state index contributed by atoms with van der Waals surface area (Å²) < 4.78 is 5.00. The van der Waals surface area contributed by atoms with Crippen LogP contribution in [0.3, 0.4) is 0 Å². The molecule has 1 saturated heterocycles. The van der Waals surface area contributed by atoms with Crippen molar-refractivity contribution >= 4 is 11.8 Å². The summed E-state index contributed by atoms with van der Waals surface area (Å²) in [6.45, 7) is 2.36. The van der Waals surface area contributed by atoms with Crippen molar-refractivity contribution < 1.29 is 14.1 Å². The van der Waals surface area contributed by atoms with Crippen molar-refractivity contribution in [2.45, 2.75) is 32.2 Å². The summed E-state index contributed by atoms with van der Waals surface area (Å²) >= 11 is 0. The van der Waals surface area contributed by atoms with Crippen LogP contribution in [-0.2, 0) is 19.4 Å². The fourth-order valence-electron chi connectivity index (χ4n) is 4.56. The van der Waals surface area contributed by atoms with Crippen molar-refractivity contribution in [1.29, 1.82) is 0 Å². The Morgan fingerprint density at radius 3 is 2.58 bits per heavy atom. The van der Waals surface area contributed by atoms with E-state index < -0.39 is 0 Å². The summed E-state index contributed by atoms with van der Waals surface area (Å²) in [5, 5.41) is 10.9. The molecule has 0 radical (unpaired) electrons. The first-order chi connectivity index (χ1) is 15.2. The first-order valence-corrected chi connectivity index (χ1v) is 10.8. The molecule has 3 aromatic rings. The van der Waals surface area contributed by atoms with E-state index in [0.29, 0.717) is 31.1 Å². The smallest absolute Gasteiger partial charge is 0.292 e. The molecule has 2 aliphatic heterocycles. The Kier molecular flexibility index (Phi) is 5.28. The molecular formula is C23H25N5O3. The zero-order valence-electron chi connectivity index (χ0n) is 17.3. The SMILES string of the molecule is O=C(c1ccno1)N1CCc2[nH]nc(C(=O)N3CCC(Cc4ccccc4)CC3)c2C1. The Morgan fingerprint density at radius 2 is 1.84 bits per heavy atom. The third kappa shape index (κ3) is 3.97. The number of nitrogens with zero attached hydrogens (tertiary/aromatic N) is 4. The highest BCUT2D eigenvalue weighted by atomic mass is 16.5. The minimum atomic E-state index is -0.218. The number of aromatic nitrogens is 3. The number of carbonyl (C=O) groups is 2. The summed E-state index contributed by atoms with van der Waals surface area (Å²) in [6.07, 6.45) is 5.12. The van der Waals surface area contributed by atoms with E-state index >= 15 is 0 Å². The van der Waals surface area contributed by atoms with Gasteiger partial charge in [-0.15, -0.1) is 0 Å². The lowest BCUT2D eigenvalue weighted by Crippen LogP contribution is -2.40. The Hall–Kier alpha value is -3.42. The van der Waals surface area contributed by atoms with Gasteiger partial charge in [-0.05, 0) is 30.7 Å². The largest absolute Gasteiger partial charge is 0.351 e. The van der Waals surface area contributed by atoms with E-state index in [1.165, 1.54) is 11.8 Å². The number of H-pyrrole nitrogens is 1. The van der Waals surface area contributed by atoms with E-state index in [9.17, 15) is 9.59 Å². The molecule has 0 bridgehead atoms. The van der Waals surface area contributed by atoms with Crippen LogP contribution < -0.4 is 0 Å². The number of hydrogen-bond donors (Lipinski definition) is 1. The Morgan fingerprint density at radius 1 is 1.03 bits per heavy atom. The molecule has 0 saturated carbocycles. The molecule has 0 unspecified atom stereocenters. The molecule has 2 aliphatic rings. The number of likely N-dealkylation sites (tertiary alicyclic amines) is 1. The van der Waals surface area contributed by atoms with Gasteiger partial charge in [-0.1, -0.05) is 35.5 Å². The van der Waals surface area contributed by atoms with E-state index in [1.54, 1.807) is 11.0 Å². The van der Waals surface area contributed by atoms with Gasteiger partial charge in [0.2, 0.25) is 5.76 Å². The van der Waals surface area contributed by atoms with Crippen molar-refractivity contribution in [3.63, 3.8) is 0 Å². The lowest BCUT2D eigenvalue weighted by molar-refractivity contribution is 0.0660. The molecule has 0 atom stereocenters. The summed E-state index contributed by atoms with van der Waals surface area (Å²) in [4.78, 5) is 29.4. The third-order valence-electron chi connectivity index (χ3n) is 6.34. The molecule has 5 rings (SSSR count). The van der Waals surface area contributed by atoms with Gasteiger partial charge in [0.1, 0.15) is 0 Å². The van der Waals surface area contributed by atoms with Gasteiger partial charge in [0.15, 0.2) is 5.69 Å². The molecule has 8 heteroatoms. The number of nitrogens with one attached hydrogen (secondary N) is 1. The quantitative estimate of drug-likeness (QED) is 0.702. The minimum absolute atomic E-state index is 0.0513. The van der Waals surface area contributed by atoms with E-state index in [1.807, 2.05) is 11.0 Å². The molecule has 0 aliphatic carbocycles. The van der Waals surface area contributed by atoms with Crippen LogP contribution in [0.1, 0.15) is 50.7 Å². The standard InChI is InChI=1S/C23H25N5O3/c29-22(20-6-10-24-31-20)28-13-9-19-18(15-28)21(26-25-19)23(30)27-11-7-17(8-12-27)14-16-4-2-1-3-5-16/h1-6,10,17H,7-9,11-15H2,(H,25,26). The van der Waals surface area contributed by atoms with Crippen molar-refractivity contribution in [3.8, 4) is 0 Å². The third-order valence-corrected chi connectivity index (χ3v) is 6.34. The number of carbonyl (C=O) groups excluding carboxylic acids is 2. The van der Waals surface area contributed by atoms with Gasteiger partial charge in [0.25, 0.3) is 11.8 Å². The van der Waals surface area contributed by atoms with Crippen LogP contribution in [-0.4, -0.2) is 56.6 Å². The van der Waals surface area contributed by atoms with Crippen LogP contribution in [0, 0.1) is 5.92 Å². The molecular weight excluding hydrogens is 394 g/mol. The monoisotopic (exact) mass is 419 g/mol. The number of amides is 2. The molecule has 160 valence electrons. The predicted octanol–water partition coefficient (Wildman–Crippen LogP) is 2.69. The molecule has 1 fully saturated rings. The minimum Gasteiger partial charge on any atom is -0.351 e. The molecule has 1 N–H and O–H groups in total. The van der Waals surface area contributed by atoms with Crippen molar-refractivity contribution in [1.82, 2.24) is 25.2 Å². The second kappa shape index (κ2) is 8.37. The molecule has 2 amide bonds. The van der Waals surface area contributed by atoms with Crippen LogP contribution in [0.2, 0.25) is 0 Å². The van der Waals surface area contributed by atoms with Crippen LogP contribution in [0.15, 0.2) is 47.1 Å². The average Bonchev–Trinajstić information content (AvgIpc) is 3.49. The summed E-state index contributed by atoms with van der Waals surface area (Å²) in [6, 6.07) is 12.1. The van der Waals surface area contributed by atoms with E-state index in [2.05, 4.69) is 39.6 Å². The van der Waals surface area contributed by atoms with E-state index in [4.69, 9.17) is 4.52 Å². The second-order valence-corrected chi connectivity index (χ2v) is 8.31. The predicted molar refractivity (Wildman–Crippen MR) is 112 cm³/mol. The highest BCUT2D eigenvalue weighted by Gasteiger charge is 2.32. The van der Waals surface area contributed by atoms with Crippen LogP contribution in [0.25, 0.3) is 0 Å². The van der Waals surface area contributed by atoms with Crippen LogP contribution in [0.5, 0.6) is 0 Å². The number of fused-ring (bicyclic) bond motifs is 1. The average molecular weight is 419 g/mol. The Balaban J connectivity index is 1.23.